The molecule has 7 heteroatoms. The van der Waals surface area contributed by atoms with E-state index in [2.05, 4.69) is 0 Å². The van der Waals surface area contributed by atoms with Gasteiger partial charge in [-0.15, -0.1) is 0 Å². The second kappa shape index (κ2) is 7.51. The first-order chi connectivity index (χ1) is 12.5. The zero-order valence-electron chi connectivity index (χ0n) is 14.2. The smallest absolute Gasteiger partial charge is 0.256 e. The van der Waals surface area contributed by atoms with Gasteiger partial charge >= 0.3 is 0 Å². The Morgan fingerprint density at radius 2 is 1.46 bits per heavy atom. The molecule has 2 amide bonds. The van der Waals surface area contributed by atoms with Crippen molar-refractivity contribution in [1.29, 1.82) is 0 Å². The van der Waals surface area contributed by atoms with Gasteiger partial charge in [-0.05, 0) is 36.4 Å². The molecule has 2 aromatic carbocycles. The van der Waals surface area contributed by atoms with Gasteiger partial charge in [0.1, 0.15) is 17.4 Å². The lowest BCUT2D eigenvalue weighted by atomic mass is 10.1. The second-order valence-corrected chi connectivity index (χ2v) is 5.94. The minimum Gasteiger partial charge on any atom is -0.497 e. The summed E-state index contributed by atoms with van der Waals surface area (Å²) in [5, 5.41) is 0. The number of hydrogen-bond donors (Lipinski definition) is 0. The van der Waals surface area contributed by atoms with Crippen LogP contribution in [0.2, 0.25) is 0 Å². The molecule has 0 bridgehead atoms. The summed E-state index contributed by atoms with van der Waals surface area (Å²) in [6.07, 6.45) is 0. The first kappa shape index (κ1) is 17.8. The summed E-state index contributed by atoms with van der Waals surface area (Å²) in [4.78, 5) is 28.0. The van der Waals surface area contributed by atoms with Gasteiger partial charge < -0.3 is 14.5 Å². The van der Waals surface area contributed by atoms with Crippen LogP contribution in [0.3, 0.4) is 0 Å². The Labute approximate surface area is 149 Å². The molecule has 5 nitrogen and oxygen atoms in total. The molecule has 0 spiro atoms. The van der Waals surface area contributed by atoms with Crippen molar-refractivity contribution >= 4 is 11.8 Å². The van der Waals surface area contributed by atoms with E-state index in [1.165, 1.54) is 4.90 Å². The maximum atomic E-state index is 13.8. The molecule has 1 saturated heterocycles. The third-order valence-corrected chi connectivity index (χ3v) is 4.35. The monoisotopic (exact) mass is 360 g/mol. The number of ether oxygens (including phenoxy) is 1. The Morgan fingerprint density at radius 1 is 0.885 bits per heavy atom. The number of carbonyl (C=O) groups excluding carboxylic acids is 2. The lowest BCUT2D eigenvalue weighted by Gasteiger charge is -2.35. The fourth-order valence-electron chi connectivity index (χ4n) is 2.86. The number of carbonyl (C=O) groups is 2. The third kappa shape index (κ3) is 3.66. The number of piperazine rings is 1. The fraction of sp³-hybridized carbons (Fsp3) is 0.263. The van der Waals surface area contributed by atoms with E-state index in [9.17, 15) is 18.4 Å². The summed E-state index contributed by atoms with van der Waals surface area (Å²) in [6.45, 7) is 1.27. The lowest BCUT2D eigenvalue weighted by molar-refractivity contribution is 0.0532. The van der Waals surface area contributed by atoms with Gasteiger partial charge in [-0.2, -0.15) is 0 Å². The van der Waals surface area contributed by atoms with E-state index < -0.39 is 17.5 Å². The Bertz CT molecular complexity index is 816. The molecule has 0 saturated carbocycles. The van der Waals surface area contributed by atoms with Gasteiger partial charge in [0, 0.05) is 37.8 Å². The van der Waals surface area contributed by atoms with Crippen LogP contribution in [0.5, 0.6) is 5.75 Å². The molecule has 0 N–H and O–H groups in total. The number of benzene rings is 2. The van der Waals surface area contributed by atoms with Crippen molar-refractivity contribution < 1.29 is 23.1 Å². The van der Waals surface area contributed by atoms with Crippen LogP contribution in [-0.2, 0) is 0 Å². The van der Waals surface area contributed by atoms with E-state index in [4.69, 9.17) is 4.74 Å². The number of methoxy groups -OCH3 is 1. The summed E-state index contributed by atoms with van der Waals surface area (Å²) >= 11 is 0. The third-order valence-electron chi connectivity index (χ3n) is 4.35. The van der Waals surface area contributed by atoms with Gasteiger partial charge in [0.15, 0.2) is 0 Å². The summed E-state index contributed by atoms with van der Waals surface area (Å²) in [5.41, 5.74) is 0.372. The Hall–Kier alpha value is -2.96. The molecule has 26 heavy (non-hydrogen) atoms. The van der Waals surface area contributed by atoms with Crippen LogP contribution in [0.15, 0.2) is 42.5 Å². The van der Waals surface area contributed by atoms with E-state index in [1.807, 2.05) is 0 Å². The first-order valence-corrected chi connectivity index (χ1v) is 8.17. The van der Waals surface area contributed by atoms with Crippen LogP contribution in [0.1, 0.15) is 20.7 Å². The predicted octanol–water partition coefficient (Wildman–Crippen LogP) is 2.57. The Morgan fingerprint density at radius 3 is 2.00 bits per heavy atom. The lowest BCUT2D eigenvalue weighted by Crippen LogP contribution is -2.50. The second-order valence-electron chi connectivity index (χ2n) is 5.94. The van der Waals surface area contributed by atoms with Crippen LogP contribution in [0.4, 0.5) is 8.78 Å². The van der Waals surface area contributed by atoms with E-state index in [0.717, 1.165) is 12.1 Å². The number of rotatable bonds is 3. The highest BCUT2D eigenvalue weighted by molar-refractivity contribution is 5.96. The normalized spacial score (nSPS) is 14.3. The zero-order chi connectivity index (χ0) is 18.7. The minimum atomic E-state index is -0.883. The van der Waals surface area contributed by atoms with Crippen LogP contribution >= 0.6 is 0 Å². The SMILES string of the molecule is COc1ccc(C(=O)N2CCN(C(=O)c3ccc(F)cc3F)CC2)cc1. The number of nitrogens with zero attached hydrogens (tertiary/aromatic N) is 2. The van der Waals surface area contributed by atoms with E-state index in [-0.39, 0.29) is 24.6 Å². The zero-order valence-corrected chi connectivity index (χ0v) is 14.2. The molecule has 3 rings (SSSR count). The molecule has 1 aliphatic rings. The molecule has 1 aliphatic heterocycles. The summed E-state index contributed by atoms with van der Waals surface area (Å²) in [7, 11) is 1.55. The van der Waals surface area contributed by atoms with Crippen molar-refractivity contribution in [1.82, 2.24) is 9.80 Å². The molecule has 0 aromatic heterocycles. The predicted molar refractivity (Wildman–Crippen MR) is 91.2 cm³/mol. The molecule has 0 atom stereocenters. The largest absolute Gasteiger partial charge is 0.497 e. The molecule has 0 radical (unpaired) electrons. The Kier molecular flexibility index (Phi) is 5.16. The van der Waals surface area contributed by atoms with Gasteiger partial charge in [0.25, 0.3) is 11.8 Å². The Balaban J connectivity index is 1.63. The molecular formula is C19H18F2N2O3. The van der Waals surface area contributed by atoms with Crippen molar-refractivity contribution in [2.75, 3.05) is 33.3 Å². The topological polar surface area (TPSA) is 49.9 Å². The highest BCUT2D eigenvalue weighted by Crippen LogP contribution is 2.17. The average Bonchev–Trinajstić information content (AvgIpc) is 2.67. The maximum absolute atomic E-state index is 13.8. The summed E-state index contributed by atoms with van der Waals surface area (Å²) in [5.74, 6) is -1.58. The highest BCUT2D eigenvalue weighted by Gasteiger charge is 2.26. The van der Waals surface area contributed by atoms with Gasteiger partial charge in [-0.3, -0.25) is 9.59 Å². The highest BCUT2D eigenvalue weighted by atomic mass is 19.1. The number of halogens is 2. The standard InChI is InChI=1S/C19H18F2N2O3/c1-26-15-5-2-13(3-6-15)18(24)22-8-10-23(11-9-22)19(25)16-7-4-14(20)12-17(16)21/h2-7,12H,8-11H2,1H3. The molecular weight excluding hydrogens is 342 g/mol. The number of amides is 2. The molecule has 1 heterocycles. The molecule has 0 unspecified atom stereocenters. The van der Waals surface area contributed by atoms with Gasteiger partial charge in [0.2, 0.25) is 0 Å². The van der Waals surface area contributed by atoms with Crippen molar-refractivity contribution in [2.24, 2.45) is 0 Å². The maximum Gasteiger partial charge on any atom is 0.256 e. The summed E-state index contributed by atoms with van der Waals surface area (Å²) < 4.78 is 31.8. The van der Waals surface area contributed by atoms with Crippen LogP contribution in [-0.4, -0.2) is 54.9 Å². The van der Waals surface area contributed by atoms with E-state index in [1.54, 1.807) is 36.3 Å². The molecule has 2 aromatic rings. The van der Waals surface area contributed by atoms with Crippen molar-refractivity contribution in [3.05, 3.63) is 65.2 Å². The molecule has 0 aliphatic carbocycles. The van der Waals surface area contributed by atoms with Crippen LogP contribution < -0.4 is 4.74 Å². The van der Waals surface area contributed by atoms with Gasteiger partial charge in [-0.1, -0.05) is 0 Å². The van der Waals surface area contributed by atoms with Gasteiger partial charge in [0.05, 0.1) is 12.7 Å². The first-order valence-electron chi connectivity index (χ1n) is 8.17. The van der Waals surface area contributed by atoms with E-state index >= 15 is 0 Å². The van der Waals surface area contributed by atoms with E-state index in [0.29, 0.717) is 30.5 Å². The average molecular weight is 360 g/mol. The van der Waals surface area contributed by atoms with Crippen molar-refractivity contribution in [3.8, 4) is 5.75 Å². The fourth-order valence-corrected chi connectivity index (χ4v) is 2.86. The molecule has 136 valence electrons. The summed E-state index contributed by atoms with van der Waals surface area (Å²) in [6, 6.07) is 9.69. The number of hydrogen-bond acceptors (Lipinski definition) is 3. The van der Waals surface area contributed by atoms with Crippen LogP contribution in [0.25, 0.3) is 0 Å². The quantitative estimate of drug-likeness (QED) is 0.845. The minimum absolute atomic E-state index is 0.132. The van der Waals surface area contributed by atoms with Gasteiger partial charge in [-0.25, -0.2) is 8.78 Å². The van der Waals surface area contributed by atoms with Crippen molar-refractivity contribution in [3.63, 3.8) is 0 Å². The van der Waals surface area contributed by atoms with Crippen molar-refractivity contribution in [2.45, 2.75) is 0 Å². The van der Waals surface area contributed by atoms with Crippen LogP contribution in [0, 0.1) is 11.6 Å². The molecule has 1 fully saturated rings.